The fourth-order valence-electron chi connectivity index (χ4n) is 1.60. The minimum atomic E-state index is -0.620. The van der Waals surface area contributed by atoms with Crippen molar-refractivity contribution in [3.05, 3.63) is 42.1 Å². The molecule has 0 saturated heterocycles. The molecule has 1 heterocycles. The Bertz CT molecular complexity index is 578. The number of carbonyl (C=O) groups excluding carboxylic acids is 1. The van der Waals surface area contributed by atoms with Crippen molar-refractivity contribution in [1.82, 2.24) is 4.98 Å². The van der Waals surface area contributed by atoms with Crippen LogP contribution in [0.25, 0.3) is 10.9 Å². The summed E-state index contributed by atoms with van der Waals surface area (Å²) in [6.45, 7) is 1.61. The van der Waals surface area contributed by atoms with Gasteiger partial charge in [0.1, 0.15) is 5.92 Å². The quantitative estimate of drug-likeness (QED) is 0.716. The van der Waals surface area contributed by atoms with Crippen LogP contribution >= 0.6 is 0 Å². The van der Waals surface area contributed by atoms with E-state index in [1.807, 2.05) is 30.3 Å². The molecule has 0 saturated carbocycles. The van der Waals surface area contributed by atoms with E-state index in [1.165, 1.54) is 0 Å². The molecule has 0 aliphatic heterocycles. The number of hydrogen-bond acceptors (Lipinski definition) is 3. The molecule has 78 valence electrons. The first-order valence-corrected chi connectivity index (χ1v) is 5.01. The van der Waals surface area contributed by atoms with Crippen molar-refractivity contribution in [3.8, 4) is 6.07 Å². The van der Waals surface area contributed by atoms with E-state index >= 15 is 0 Å². The summed E-state index contributed by atoms with van der Waals surface area (Å²) in [4.78, 5) is 16.1. The maximum absolute atomic E-state index is 11.9. The van der Waals surface area contributed by atoms with Gasteiger partial charge in [-0.1, -0.05) is 18.2 Å². The molecule has 0 radical (unpaired) electrons. The summed E-state index contributed by atoms with van der Waals surface area (Å²) < 4.78 is 0. The first-order chi connectivity index (χ1) is 7.74. The van der Waals surface area contributed by atoms with E-state index in [0.29, 0.717) is 5.56 Å². The van der Waals surface area contributed by atoms with Crippen molar-refractivity contribution >= 4 is 16.7 Å². The van der Waals surface area contributed by atoms with Crippen LogP contribution in [0.1, 0.15) is 17.3 Å². The number of aromatic nitrogens is 1. The van der Waals surface area contributed by atoms with Crippen LogP contribution in [0.4, 0.5) is 0 Å². The Morgan fingerprint density at radius 3 is 2.88 bits per heavy atom. The molecule has 0 aliphatic rings. The van der Waals surface area contributed by atoms with E-state index in [0.717, 1.165) is 10.9 Å². The fraction of sp³-hybridized carbons (Fsp3) is 0.154. The van der Waals surface area contributed by atoms with Crippen LogP contribution < -0.4 is 0 Å². The number of fused-ring (bicyclic) bond motifs is 1. The average molecular weight is 210 g/mol. The Morgan fingerprint density at radius 1 is 1.38 bits per heavy atom. The predicted molar refractivity (Wildman–Crippen MR) is 60.9 cm³/mol. The summed E-state index contributed by atoms with van der Waals surface area (Å²) in [6.07, 6.45) is 1.60. The SMILES string of the molecule is CC(C#N)C(=O)c1ccnc2ccccc12. The third-order valence-corrected chi connectivity index (χ3v) is 2.50. The number of ketones is 1. The van der Waals surface area contributed by atoms with Gasteiger partial charge in [0.15, 0.2) is 5.78 Å². The highest BCUT2D eigenvalue weighted by atomic mass is 16.1. The lowest BCUT2D eigenvalue weighted by Gasteiger charge is -2.05. The van der Waals surface area contributed by atoms with Gasteiger partial charge in [-0.2, -0.15) is 5.26 Å². The molecule has 0 aliphatic carbocycles. The van der Waals surface area contributed by atoms with Gasteiger partial charge in [-0.15, -0.1) is 0 Å². The third-order valence-electron chi connectivity index (χ3n) is 2.50. The highest BCUT2D eigenvalue weighted by Gasteiger charge is 2.16. The van der Waals surface area contributed by atoms with E-state index in [4.69, 9.17) is 5.26 Å². The molecule has 0 amide bonds. The lowest BCUT2D eigenvalue weighted by atomic mass is 9.98. The normalized spacial score (nSPS) is 12.0. The summed E-state index contributed by atoms with van der Waals surface area (Å²) in [7, 11) is 0. The number of carbonyl (C=O) groups is 1. The number of para-hydroxylation sites is 1. The molecule has 2 rings (SSSR count). The van der Waals surface area contributed by atoms with E-state index < -0.39 is 5.92 Å². The van der Waals surface area contributed by atoms with Gasteiger partial charge in [0.2, 0.25) is 0 Å². The van der Waals surface area contributed by atoms with Gasteiger partial charge in [0, 0.05) is 17.1 Å². The van der Waals surface area contributed by atoms with Gasteiger partial charge < -0.3 is 0 Å². The van der Waals surface area contributed by atoms with Crippen LogP contribution in [0.5, 0.6) is 0 Å². The summed E-state index contributed by atoms with van der Waals surface area (Å²) in [5.41, 5.74) is 1.35. The van der Waals surface area contributed by atoms with Crippen LogP contribution in [-0.2, 0) is 0 Å². The topological polar surface area (TPSA) is 53.8 Å². The maximum Gasteiger partial charge on any atom is 0.180 e. The van der Waals surface area contributed by atoms with Crippen molar-refractivity contribution in [3.63, 3.8) is 0 Å². The largest absolute Gasteiger partial charge is 0.293 e. The molecule has 0 bridgehead atoms. The molecular formula is C13H10N2O. The molecule has 0 fully saturated rings. The van der Waals surface area contributed by atoms with E-state index in [9.17, 15) is 4.79 Å². The van der Waals surface area contributed by atoms with Gasteiger partial charge in [0.05, 0.1) is 11.6 Å². The van der Waals surface area contributed by atoms with Crippen LogP contribution in [0.3, 0.4) is 0 Å². The monoisotopic (exact) mass is 210 g/mol. The molecule has 3 heteroatoms. The smallest absolute Gasteiger partial charge is 0.180 e. The van der Waals surface area contributed by atoms with Crippen molar-refractivity contribution in [2.24, 2.45) is 5.92 Å². The van der Waals surface area contributed by atoms with E-state index in [1.54, 1.807) is 19.2 Å². The van der Waals surface area contributed by atoms with Gasteiger partial charge in [-0.05, 0) is 19.1 Å². The van der Waals surface area contributed by atoms with Crippen molar-refractivity contribution in [1.29, 1.82) is 5.26 Å². The van der Waals surface area contributed by atoms with Crippen LogP contribution in [0.15, 0.2) is 36.5 Å². The molecule has 0 spiro atoms. The minimum Gasteiger partial charge on any atom is -0.293 e. The molecule has 1 atom stereocenters. The molecule has 1 aromatic heterocycles. The Balaban J connectivity index is 2.62. The number of nitriles is 1. The van der Waals surface area contributed by atoms with Crippen LogP contribution in [0.2, 0.25) is 0 Å². The zero-order valence-electron chi connectivity index (χ0n) is 8.84. The molecular weight excluding hydrogens is 200 g/mol. The number of rotatable bonds is 2. The van der Waals surface area contributed by atoms with Crippen molar-refractivity contribution in [2.75, 3.05) is 0 Å². The highest BCUT2D eigenvalue weighted by Crippen LogP contribution is 2.19. The Kier molecular flexibility index (Phi) is 2.65. The second kappa shape index (κ2) is 4.11. The molecule has 16 heavy (non-hydrogen) atoms. The Morgan fingerprint density at radius 2 is 2.12 bits per heavy atom. The van der Waals surface area contributed by atoms with Gasteiger partial charge >= 0.3 is 0 Å². The number of benzene rings is 1. The number of nitrogens with zero attached hydrogens (tertiary/aromatic N) is 2. The Hall–Kier alpha value is -2.21. The second-order valence-electron chi connectivity index (χ2n) is 3.59. The summed E-state index contributed by atoms with van der Waals surface area (Å²) >= 11 is 0. The Labute approximate surface area is 93.3 Å². The third kappa shape index (κ3) is 1.66. The molecule has 1 unspecified atom stereocenters. The zero-order chi connectivity index (χ0) is 11.5. The van der Waals surface area contributed by atoms with E-state index in [-0.39, 0.29) is 5.78 Å². The van der Waals surface area contributed by atoms with Crippen molar-refractivity contribution in [2.45, 2.75) is 6.92 Å². The molecule has 3 nitrogen and oxygen atoms in total. The second-order valence-corrected chi connectivity index (χ2v) is 3.59. The van der Waals surface area contributed by atoms with Gasteiger partial charge in [-0.3, -0.25) is 9.78 Å². The van der Waals surface area contributed by atoms with E-state index in [2.05, 4.69) is 4.98 Å². The predicted octanol–water partition coefficient (Wildman–Crippen LogP) is 2.58. The van der Waals surface area contributed by atoms with Crippen LogP contribution in [0, 0.1) is 17.2 Å². The van der Waals surface area contributed by atoms with Gasteiger partial charge in [0.25, 0.3) is 0 Å². The molecule has 0 N–H and O–H groups in total. The van der Waals surface area contributed by atoms with Gasteiger partial charge in [-0.25, -0.2) is 0 Å². The first-order valence-electron chi connectivity index (χ1n) is 5.01. The number of Topliss-reactive ketones (excluding diaryl/α,β-unsaturated/α-hetero) is 1. The molecule has 2 aromatic rings. The average Bonchev–Trinajstić information content (AvgIpc) is 2.36. The highest BCUT2D eigenvalue weighted by molar-refractivity contribution is 6.08. The lowest BCUT2D eigenvalue weighted by Crippen LogP contribution is -2.09. The first kappa shape index (κ1) is 10.3. The minimum absolute atomic E-state index is 0.152. The summed E-state index contributed by atoms with van der Waals surface area (Å²) in [5, 5.41) is 9.55. The molecule has 1 aromatic carbocycles. The summed E-state index contributed by atoms with van der Waals surface area (Å²) in [6, 6.07) is 11.1. The zero-order valence-corrected chi connectivity index (χ0v) is 8.84. The van der Waals surface area contributed by atoms with Crippen molar-refractivity contribution < 1.29 is 4.79 Å². The number of pyridine rings is 1. The standard InChI is InChI=1S/C13H10N2O/c1-9(8-14)13(16)11-6-7-15-12-5-3-2-4-10(11)12/h2-7,9H,1H3. The lowest BCUT2D eigenvalue weighted by molar-refractivity contribution is 0.0958. The maximum atomic E-state index is 11.9. The number of hydrogen-bond donors (Lipinski definition) is 0. The fourth-order valence-corrected chi connectivity index (χ4v) is 1.60. The van der Waals surface area contributed by atoms with Crippen LogP contribution in [-0.4, -0.2) is 10.8 Å². The summed E-state index contributed by atoms with van der Waals surface area (Å²) in [5.74, 6) is -0.771.